The molecule has 2 atom stereocenters. The monoisotopic (exact) mass is 525 g/mol. The molecule has 0 amide bonds. The van der Waals surface area contributed by atoms with Crippen molar-refractivity contribution in [1.82, 2.24) is 10.3 Å². The third-order valence-electron chi connectivity index (χ3n) is 5.20. The number of carbonyl (C=O) groups is 2. The molecule has 0 saturated carbocycles. The second-order valence-electron chi connectivity index (χ2n) is 8.25. The van der Waals surface area contributed by atoms with Gasteiger partial charge in [0, 0.05) is 11.9 Å². The van der Waals surface area contributed by atoms with Gasteiger partial charge in [-0.3, -0.25) is 4.98 Å². The van der Waals surface area contributed by atoms with Crippen LogP contribution in [0.25, 0.3) is 0 Å². The number of aliphatic hydroxyl groups is 2. The summed E-state index contributed by atoms with van der Waals surface area (Å²) in [6.45, 7) is 7.17. The molecule has 3 rings (SSSR count). The van der Waals surface area contributed by atoms with Crippen LogP contribution in [0.2, 0.25) is 5.02 Å². The Morgan fingerprint density at radius 2 is 1.74 bits per heavy atom. The first kappa shape index (κ1) is 28.9. The summed E-state index contributed by atoms with van der Waals surface area (Å²) in [5.41, 5.74) is 6.14. The van der Waals surface area contributed by atoms with Crippen LogP contribution >= 0.6 is 23.4 Å². The van der Waals surface area contributed by atoms with E-state index in [4.69, 9.17) is 32.0 Å². The first-order valence-electron chi connectivity index (χ1n) is 11.2. The van der Waals surface area contributed by atoms with Crippen molar-refractivity contribution in [3.8, 4) is 0 Å². The number of pyridine rings is 1. The maximum atomic E-state index is 9.77. The van der Waals surface area contributed by atoms with E-state index in [9.17, 15) is 9.59 Å². The molecule has 0 saturated heterocycles. The molecule has 1 aliphatic rings. The molecule has 192 valence electrons. The predicted molar refractivity (Wildman–Crippen MR) is 137 cm³/mol. The molecule has 2 heterocycles. The average Bonchev–Trinajstić information content (AvgIpc) is 3.07. The standard InChI is InChI=1S/C20H26ClN3S.C4H6O6/c1-14(2)25-13-15-3-5-17(23-11-15)12-24-20-18-8-10-22-9-7-16(18)4-6-19(20)21;5-1(3(7)8)2(6)4(9)10/h3-6,11,14,22,24H,7-10,12-13H2,1-2H3;1-2,5-6H,(H,7,8)(H,9,10). The van der Waals surface area contributed by atoms with Crippen molar-refractivity contribution < 1.29 is 30.0 Å². The van der Waals surface area contributed by atoms with Gasteiger partial charge in [-0.15, -0.1) is 0 Å². The zero-order valence-corrected chi connectivity index (χ0v) is 21.3. The maximum Gasteiger partial charge on any atom is 0.335 e. The topological polar surface area (TPSA) is 152 Å². The first-order valence-corrected chi connectivity index (χ1v) is 12.6. The maximum absolute atomic E-state index is 9.77. The molecule has 1 aromatic heterocycles. The normalized spacial score (nSPS) is 14.7. The summed E-state index contributed by atoms with van der Waals surface area (Å²) in [6, 6.07) is 8.46. The van der Waals surface area contributed by atoms with Gasteiger partial charge < -0.3 is 31.1 Å². The van der Waals surface area contributed by atoms with Crippen molar-refractivity contribution >= 4 is 41.0 Å². The quantitative estimate of drug-likeness (QED) is 0.288. The molecular weight excluding hydrogens is 494 g/mol. The second-order valence-corrected chi connectivity index (χ2v) is 10.2. The van der Waals surface area contributed by atoms with Gasteiger partial charge in [0.2, 0.25) is 0 Å². The number of rotatable bonds is 9. The number of halogens is 1. The highest BCUT2D eigenvalue weighted by Crippen LogP contribution is 2.31. The number of thioether (sulfide) groups is 1. The SMILES string of the molecule is CC(C)SCc1ccc(CNc2c(Cl)ccc3c2CCNCC3)nc1.O=C(O)C(O)C(O)C(=O)O. The Kier molecular flexibility index (Phi) is 11.8. The number of aliphatic carboxylic acids is 2. The molecule has 0 spiro atoms. The summed E-state index contributed by atoms with van der Waals surface area (Å²) >= 11 is 8.41. The van der Waals surface area contributed by atoms with Crippen LogP contribution in [0.1, 0.15) is 36.2 Å². The molecule has 2 unspecified atom stereocenters. The van der Waals surface area contributed by atoms with Crippen molar-refractivity contribution in [2.45, 2.75) is 56.4 Å². The number of aromatic nitrogens is 1. The summed E-state index contributed by atoms with van der Waals surface area (Å²) < 4.78 is 0. The van der Waals surface area contributed by atoms with Crippen LogP contribution < -0.4 is 10.6 Å². The Morgan fingerprint density at radius 3 is 2.31 bits per heavy atom. The van der Waals surface area contributed by atoms with E-state index in [2.05, 4.69) is 47.7 Å². The Bertz CT molecular complexity index is 972. The van der Waals surface area contributed by atoms with Gasteiger partial charge in [-0.05, 0) is 60.0 Å². The molecule has 11 heteroatoms. The summed E-state index contributed by atoms with van der Waals surface area (Å²) in [6.07, 6.45) is -0.475. The number of hydrogen-bond donors (Lipinski definition) is 6. The third-order valence-corrected chi connectivity index (χ3v) is 6.68. The van der Waals surface area contributed by atoms with Crippen molar-refractivity contribution in [1.29, 1.82) is 0 Å². The highest BCUT2D eigenvalue weighted by molar-refractivity contribution is 7.99. The van der Waals surface area contributed by atoms with Crippen LogP contribution in [-0.2, 0) is 34.7 Å². The average molecular weight is 526 g/mol. The zero-order valence-electron chi connectivity index (χ0n) is 19.7. The van der Waals surface area contributed by atoms with Gasteiger partial charge >= 0.3 is 11.9 Å². The van der Waals surface area contributed by atoms with Gasteiger partial charge in [-0.25, -0.2) is 9.59 Å². The largest absolute Gasteiger partial charge is 0.479 e. The lowest BCUT2D eigenvalue weighted by Gasteiger charge is -2.16. The number of aliphatic hydroxyl groups excluding tert-OH is 2. The molecule has 6 N–H and O–H groups in total. The van der Waals surface area contributed by atoms with Crippen LogP contribution in [0.4, 0.5) is 5.69 Å². The van der Waals surface area contributed by atoms with Crippen LogP contribution in [0.5, 0.6) is 0 Å². The zero-order chi connectivity index (χ0) is 26.0. The fourth-order valence-corrected chi connectivity index (χ4v) is 4.23. The van der Waals surface area contributed by atoms with Crippen LogP contribution in [-0.4, -0.2) is 67.9 Å². The fourth-order valence-electron chi connectivity index (χ4n) is 3.29. The van der Waals surface area contributed by atoms with E-state index in [1.807, 2.05) is 24.0 Å². The third kappa shape index (κ3) is 9.30. The number of fused-ring (bicyclic) bond motifs is 1. The Hall–Kier alpha value is -2.37. The van der Waals surface area contributed by atoms with Crippen LogP contribution in [0, 0.1) is 0 Å². The number of nitrogens with one attached hydrogen (secondary N) is 2. The van der Waals surface area contributed by atoms with Crippen molar-refractivity contribution in [3.05, 3.63) is 57.9 Å². The number of benzene rings is 1. The molecule has 0 radical (unpaired) electrons. The molecule has 0 fully saturated rings. The van der Waals surface area contributed by atoms with Crippen LogP contribution in [0.15, 0.2) is 30.5 Å². The summed E-state index contributed by atoms with van der Waals surface area (Å²) in [5.74, 6) is -2.52. The van der Waals surface area contributed by atoms with Gasteiger partial charge in [0.15, 0.2) is 12.2 Å². The molecule has 1 aromatic carbocycles. The minimum atomic E-state index is -2.27. The Balaban J connectivity index is 0.000000367. The second kappa shape index (κ2) is 14.3. The van der Waals surface area contributed by atoms with Gasteiger partial charge in [0.05, 0.1) is 22.9 Å². The summed E-state index contributed by atoms with van der Waals surface area (Å²) in [7, 11) is 0. The summed E-state index contributed by atoms with van der Waals surface area (Å²) in [4.78, 5) is 24.1. The number of carboxylic acids is 2. The molecule has 1 aliphatic heterocycles. The van der Waals surface area contributed by atoms with Crippen molar-refractivity contribution in [2.24, 2.45) is 0 Å². The number of hydrogen-bond acceptors (Lipinski definition) is 8. The van der Waals surface area contributed by atoms with E-state index in [0.717, 1.165) is 48.1 Å². The van der Waals surface area contributed by atoms with E-state index in [1.54, 1.807) is 0 Å². The van der Waals surface area contributed by atoms with Gasteiger partial charge in [0.1, 0.15) is 0 Å². The minimum absolute atomic E-state index is 0.645. The molecule has 35 heavy (non-hydrogen) atoms. The molecular formula is C24H32ClN3O6S. The van der Waals surface area contributed by atoms with Gasteiger partial charge in [-0.2, -0.15) is 11.8 Å². The van der Waals surface area contributed by atoms with Crippen LogP contribution in [0.3, 0.4) is 0 Å². The van der Waals surface area contributed by atoms with Gasteiger partial charge in [-0.1, -0.05) is 37.6 Å². The molecule has 2 aromatic rings. The molecule has 0 bridgehead atoms. The van der Waals surface area contributed by atoms with E-state index in [-0.39, 0.29) is 0 Å². The van der Waals surface area contributed by atoms with E-state index >= 15 is 0 Å². The van der Waals surface area contributed by atoms with E-state index < -0.39 is 24.1 Å². The Labute approximate surface area is 213 Å². The highest BCUT2D eigenvalue weighted by atomic mass is 35.5. The minimum Gasteiger partial charge on any atom is -0.479 e. The molecule has 9 nitrogen and oxygen atoms in total. The predicted octanol–water partition coefficient (Wildman–Crippen LogP) is 2.55. The fraction of sp³-hybridized carbons (Fsp3) is 0.458. The van der Waals surface area contributed by atoms with E-state index in [0.29, 0.717) is 11.8 Å². The number of carboxylic acid groups (broad SMARTS) is 2. The summed E-state index contributed by atoms with van der Waals surface area (Å²) in [5, 5.41) is 41.0. The lowest BCUT2D eigenvalue weighted by Crippen LogP contribution is -2.39. The highest BCUT2D eigenvalue weighted by Gasteiger charge is 2.29. The number of anilines is 1. The smallest absolute Gasteiger partial charge is 0.335 e. The van der Waals surface area contributed by atoms with Crippen molar-refractivity contribution in [3.63, 3.8) is 0 Å². The lowest BCUT2D eigenvalue weighted by atomic mass is 10.0. The number of nitrogens with zero attached hydrogens (tertiary/aromatic N) is 1. The van der Waals surface area contributed by atoms with Crippen molar-refractivity contribution in [2.75, 3.05) is 18.4 Å². The Morgan fingerprint density at radius 1 is 1.09 bits per heavy atom. The van der Waals surface area contributed by atoms with E-state index in [1.165, 1.54) is 16.7 Å². The lowest BCUT2D eigenvalue weighted by molar-refractivity contribution is -0.165. The molecule has 0 aliphatic carbocycles. The van der Waals surface area contributed by atoms with Gasteiger partial charge in [0.25, 0.3) is 0 Å². The first-order chi connectivity index (χ1) is 16.6.